The maximum Gasteiger partial charge on any atom is 0.248 e. The van der Waals surface area contributed by atoms with Crippen molar-refractivity contribution in [3.63, 3.8) is 0 Å². The molecule has 0 aliphatic heterocycles. The first-order chi connectivity index (χ1) is 17.9. The molecule has 37 heavy (non-hydrogen) atoms. The smallest absolute Gasteiger partial charge is 0.248 e. The fourth-order valence-corrected chi connectivity index (χ4v) is 4.86. The number of pyridine rings is 1. The van der Waals surface area contributed by atoms with Gasteiger partial charge >= 0.3 is 0 Å². The topological polar surface area (TPSA) is 109 Å². The van der Waals surface area contributed by atoms with Crippen molar-refractivity contribution in [1.29, 1.82) is 5.26 Å². The fraction of sp³-hybridized carbons (Fsp3) is 0.133. The summed E-state index contributed by atoms with van der Waals surface area (Å²) in [5, 5.41) is 13.1. The van der Waals surface area contributed by atoms with Crippen molar-refractivity contribution in [2.75, 3.05) is 5.32 Å². The number of amides is 2. The number of benzene rings is 3. The summed E-state index contributed by atoms with van der Waals surface area (Å²) in [5.74, 6) is -0.746. The third kappa shape index (κ3) is 6.05. The summed E-state index contributed by atoms with van der Waals surface area (Å²) in [4.78, 5) is 29.3. The van der Waals surface area contributed by atoms with E-state index in [1.54, 1.807) is 24.3 Å². The molecule has 3 aromatic carbocycles. The molecule has 0 spiro atoms. The summed E-state index contributed by atoms with van der Waals surface area (Å²) < 4.78 is 0. The molecule has 4 aromatic rings. The van der Waals surface area contributed by atoms with Crippen LogP contribution in [0.15, 0.2) is 90.0 Å². The number of hydrogen-bond donors (Lipinski definition) is 2. The van der Waals surface area contributed by atoms with Gasteiger partial charge in [-0.2, -0.15) is 5.26 Å². The molecule has 4 rings (SSSR count). The Morgan fingerprint density at radius 3 is 2.27 bits per heavy atom. The lowest BCUT2D eigenvalue weighted by molar-refractivity contribution is -0.115. The van der Waals surface area contributed by atoms with E-state index < -0.39 is 11.2 Å². The van der Waals surface area contributed by atoms with E-state index in [4.69, 9.17) is 10.7 Å². The number of aryl methyl sites for hydroxylation is 1. The highest BCUT2D eigenvalue weighted by Gasteiger charge is 2.23. The van der Waals surface area contributed by atoms with Crippen LogP contribution in [0.3, 0.4) is 0 Å². The van der Waals surface area contributed by atoms with Crippen LogP contribution in [-0.2, 0) is 4.79 Å². The molecule has 184 valence electrons. The Hall–Kier alpha value is -4.41. The second-order valence-corrected chi connectivity index (χ2v) is 9.72. The van der Waals surface area contributed by atoms with Crippen LogP contribution in [0, 0.1) is 18.3 Å². The zero-order chi connectivity index (χ0) is 26.4. The zero-order valence-corrected chi connectivity index (χ0v) is 21.4. The van der Waals surface area contributed by atoms with E-state index in [-0.39, 0.29) is 5.91 Å². The summed E-state index contributed by atoms with van der Waals surface area (Å²) in [5.41, 5.74) is 11.1. The molecule has 0 radical (unpaired) electrons. The maximum atomic E-state index is 13.2. The summed E-state index contributed by atoms with van der Waals surface area (Å²) in [7, 11) is 0. The minimum Gasteiger partial charge on any atom is -0.366 e. The third-order valence-corrected chi connectivity index (χ3v) is 7.23. The van der Waals surface area contributed by atoms with Crippen LogP contribution >= 0.6 is 11.8 Å². The van der Waals surface area contributed by atoms with E-state index in [0.717, 1.165) is 27.9 Å². The average molecular weight is 507 g/mol. The molecule has 6 nitrogen and oxygen atoms in total. The van der Waals surface area contributed by atoms with Gasteiger partial charge in [0.2, 0.25) is 11.8 Å². The van der Waals surface area contributed by atoms with Crippen LogP contribution in [0.25, 0.3) is 22.4 Å². The second-order valence-electron chi connectivity index (χ2n) is 8.52. The molecule has 0 saturated carbocycles. The molecule has 7 heteroatoms. The number of aromatic nitrogens is 1. The van der Waals surface area contributed by atoms with E-state index in [1.165, 1.54) is 11.8 Å². The van der Waals surface area contributed by atoms with Gasteiger partial charge in [-0.05, 0) is 49.2 Å². The molecule has 3 N–H and O–H groups in total. The summed E-state index contributed by atoms with van der Waals surface area (Å²) in [6, 6.07) is 28.5. The molecule has 0 fully saturated rings. The van der Waals surface area contributed by atoms with Crippen LogP contribution in [0.4, 0.5) is 5.69 Å². The van der Waals surface area contributed by atoms with Gasteiger partial charge in [0, 0.05) is 22.4 Å². The number of carbonyl (C=O) groups excluding carboxylic acids is 2. The molecule has 1 heterocycles. The van der Waals surface area contributed by atoms with Crippen LogP contribution in [0.5, 0.6) is 0 Å². The second kappa shape index (κ2) is 11.5. The average Bonchev–Trinajstić information content (AvgIpc) is 2.92. The first kappa shape index (κ1) is 25.7. The third-order valence-electron chi connectivity index (χ3n) is 5.88. The molecule has 2 amide bonds. The van der Waals surface area contributed by atoms with Crippen LogP contribution in [0.1, 0.15) is 34.8 Å². The van der Waals surface area contributed by atoms with Gasteiger partial charge < -0.3 is 11.1 Å². The monoisotopic (exact) mass is 506 g/mol. The number of anilines is 1. The summed E-state index contributed by atoms with van der Waals surface area (Å²) >= 11 is 1.28. The lowest BCUT2D eigenvalue weighted by atomic mass is 9.98. The van der Waals surface area contributed by atoms with E-state index in [0.29, 0.717) is 28.3 Å². The van der Waals surface area contributed by atoms with E-state index >= 15 is 0 Å². The number of nitrogens with one attached hydrogen (secondary N) is 1. The summed E-state index contributed by atoms with van der Waals surface area (Å²) in [6.07, 6.45) is 0.526. The first-order valence-electron chi connectivity index (χ1n) is 11.8. The van der Waals surface area contributed by atoms with Crippen molar-refractivity contribution in [3.8, 4) is 28.5 Å². The van der Waals surface area contributed by atoms with Gasteiger partial charge in [0.15, 0.2) is 0 Å². The van der Waals surface area contributed by atoms with Gasteiger partial charge in [-0.25, -0.2) is 4.98 Å². The zero-order valence-electron chi connectivity index (χ0n) is 20.6. The molecule has 0 aliphatic carbocycles. The minimum atomic E-state index is -0.530. The van der Waals surface area contributed by atoms with Crippen molar-refractivity contribution in [2.45, 2.75) is 30.5 Å². The molecular weight excluding hydrogens is 480 g/mol. The van der Waals surface area contributed by atoms with Gasteiger partial charge in [0.1, 0.15) is 11.1 Å². The molecule has 0 aliphatic rings. The van der Waals surface area contributed by atoms with E-state index in [9.17, 15) is 14.9 Å². The highest BCUT2D eigenvalue weighted by Crippen LogP contribution is 2.36. The van der Waals surface area contributed by atoms with Gasteiger partial charge in [-0.3, -0.25) is 9.59 Å². The van der Waals surface area contributed by atoms with Gasteiger partial charge in [0.25, 0.3) is 0 Å². The van der Waals surface area contributed by atoms with Crippen LogP contribution in [-0.4, -0.2) is 22.0 Å². The highest BCUT2D eigenvalue weighted by atomic mass is 32.2. The van der Waals surface area contributed by atoms with Crippen molar-refractivity contribution >= 4 is 29.3 Å². The number of carbonyl (C=O) groups is 2. The van der Waals surface area contributed by atoms with Crippen LogP contribution < -0.4 is 11.1 Å². The van der Waals surface area contributed by atoms with Crippen molar-refractivity contribution in [2.24, 2.45) is 5.73 Å². The fourth-order valence-electron chi connectivity index (χ4n) is 3.83. The SMILES string of the molecule is CCC(Sc1nc(-c2ccccc2)cc(-c2ccc(C)cc2)c1C#N)C(=O)Nc1ccc(C(N)=O)cc1. The maximum absolute atomic E-state index is 13.2. The normalized spacial score (nSPS) is 11.4. The van der Waals surface area contributed by atoms with E-state index in [1.807, 2.05) is 74.5 Å². The Morgan fingerprint density at radius 1 is 1.00 bits per heavy atom. The van der Waals surface area contributed by atoms with Crippen LogP contribution in [0.2, 0.25) is 0 Å². The first-order valence-corrected chi connectivity index (χ1v) is 12.7. The van der Waals surface area contributed by atoms with Crippen molar-refractivity contribution in [3.05, 3.63) is 102 Å². The number of nitrogens with two attached hydrogens (primary N) is 1. The molecule has 1 atom stereocenters. The minimum absolute atomic E-state index is 0.216. The molecule has 1 aromatic heterocycles. The lowest BCUT2D eigenvalue weighted by Crippen LogP contribution is -2.25. The van der Waals surface area contributed by atoms with Crippen molar-refractivity contribution < 1.29 is 9.59 Å². The highest BCUT2D eigenvalue weighted by molar-refractivity contribution is 8.00. The molecular formula is C30H26N4O2S. The molecule has 1 unspecified atom stereocenters. The Balaban J connectivity index is 1.71. The standard InChI is InChI=1S/C30H26N4O2S/c1-3-27(29(36)33-23-15-13-22(14-16-23)28(32)35)37-30-25(18-31)24(20-11-9-19(2)10-12-20)17-26(34-30)21-7-5-4-6-8-21/h4-17,27H,3H2,1-2H3,(H2,32,35)(H,33,36). The number of thioether (sulfide) groups is 1. The number of rotatable bonds is 8. The van der Waals surface area contributed by atoms with Gasteiger partial charge in [-0.15, -0.1) is 0 Å². The van der Waals surface area contributed by atoms with Crippen molar-refractivity contribution in [1.82, 2.24) is 4.98 Å². The Bertz CT molecular complexity index is 1460. The summed E-state index contributed by atoms with van der Waals surface area (Å²) in [6.45, 7) is 3.94. The largest absolute Gasteiger partial charge is 0.366 e. The number of nitriles is 1. The number of hydrogen-bond acceptors (Lipinski definition) is 5. The number of primary amides is 1. The van der Waals surface area contributed by atoms with Gasteiger partial charge in [0.05, 0.1) is 16.5 Å². The predicted octanol–water partition coefficient (Wildman–Crippen LogP) is 6.20. The van der Waals surface area contributed by atoms with E-state index in [2.05, 4.69) is 11.4 Å². The predicted molar refractivity (Wildman–Crippen MR) is 148 cm³/mol. The van der Waals surface area contributed by atoms with Gasteiger partial charge in [-0.1, -0.05) is 78.8 Å². The Kier molecular flexibility index (Phi) is 8.02. The lowest BCUT2D eigenvalue weighted by Gasteiger charge is -2.17. The quantitative estimate of drug-likeness (QED) is 0.276. The Morgan fingerprint density at radius 2 is 1.68 bits per heavy atom. The Labute approximate surface area is 220 Å². The molecule has 0 bridgehead atoms. The number of nitrogens with zero attached hydrogens (tertiary/aromatic N) is 2. The molecule has 0 saturated heterocycles.